The van der Waals surface area contributed by atoms with Crippen molar-refractivity contribution in [2.24, 2.45) is 5.73 Å². The van der Waals surface area contributed by atoms with E-state index in [2.05, 4.69) is 18.3 Å². The number of aryl methyl sites for hydroxylation is 1. The van der Waals surface area contributed by atoms with Crippen LogP contribution in [0.3, 0.4) is 0 Å². The molecule has 0 spiro atoms. The second-order valence-corrected chi connectivity index (χ2v) is 4.86. The fraction of sp³-hybridized carbons (Fsp3) is 0.231. The molecule has 1 aromatic heterocycles. The minimum absolute atomic E-state index is 0.0387. The molecule has 2 rings (SSSR count). The summed E-state index contributed by atoms with van der Waals surface area (Å²) in [6, 6.07) is 8.54. The highest BCUT2D eigenvalue weighted by molar-refractivity contribution is 7.10. The Kier molecular flexibility index (Phi) is 3.76. The molecule has 0 saturated heterocycles. The summed E-state index contributed by atoms with van der Waals surface area (Å²) in [5, 5.41) is 5.30. The summed E-state index contributed by atoms with van der Waals surface area (Å²) in [5.74, 6) is -0.242. The van der Waals surface area contributed by atoms with Crippen LogP contribution in [0.1, 0.15) is 16.5 Å². The largest absolute Gasteiger partial charge is 0.376 e. The molecular weight excluding hydrogens is 235 g/mol. The molecule has 0 amide bonds. The molecule has 2 nitrogen and oxygen atoms in total. The van der Waals surface area contributed by atoms with Gasteiger partial charge in [0.1, 0.15) is 5.82 Å². The van der Waals surface area contributed by atoms with E-state index in [-0.39, 0.29) is 11.9 Å². The molecule has 4 heteroatoms. The SMILES string of the molecule is Cc1ccsc1C(CN)Nc1cccc(F)c1. The van der Waals surface area contributed by atoms with E-state index in [1.807, 2.05) is 11.4 Å². The number of nitrogens with two attached hydrogens (primary N) is 1. The first kappa shape index (κ1) is 12.1. The predicted octanol–water partition coefficient (Wildman–Crippen LogP) is 3.31. The molecule has 0 aliphatic rings. The van der Waals surface area contributed by atoms with Crippen LogP contribution in [0.4, 0.5) is 10.1 Å². The molecule has 0 saturated carbocycles. The van der Waals surface area contributed by atoms with Crippen molar-refractivity contribution in [1.82, 2.24) is 0 Å². The highest BCUT2D eigenvalue weighted by atomic mass is 32.1. The van der Waals surface area contributed by atoms with Gasteiger partial charge in [-0.25, -0.2) is 4.39 Å². The number of hydrogen-bond acceptors (Lipinski definition) is 3. The second kappa shape index (κ2) is 5.29. The van der Waals surface area contributed by atoms with Crippen molar-refractivity contribution in [3.63, 3.8) is 0 Å². The lowest BCUT2D eigenvalue weighted by Gasteiger charge is -2.18. The van der Waals surface area contributed by atoms with Crippen molar-refractivity contribution in [2.75, 3.05) is 11.9 Å². The Hall–Kier alpha value is -1.39. The number of nitrogens with one attached hydrogen (secondary N) is 1. The van der Waals surface area contributed by atoms with Crippen LogP contribution in [0.25, 0.3) is 0 Å². The van der Waals surface area contributed by atoms with Gasteiger partial charge in [-0.1, -0.05) is 6.07 Å². The van der Waals surface area contributed by atoms with E-state index in [4.69, 9.17) is 5.73 Å². The average Bonchev–Trinajstić information content (AvgIpc) is 2.72. The quantitative estimate of drug-likeness (QED) is 0.873. The van der Waals surface area contributed by atoms with Crippen molar-refractivity contribution in [2.45, 2.75) is 13.0 Å². The van der Waals surface area contributed by atoms with Crippen molar-refractivity contribution in [1.29, 1.82) is 0 Å². The van der Waals surface area contributed by atoms with E-state index in [0.717, 1.165) is 5.69 Å². The third kappa shape index (κ3) is 2.84. The first-order chi connectivity index (χ1) is 8.20. The third-order valence-corrected chi connectivity index (χ3v) is 3.75. The van der Waals surface area contributed by atoms with Crippen molar-refractivity contribution in [3.8, 4) is 0 Å². The smallest absolute Gasteiger partial charge is 0.125 e. The number of hydrogen-bond donors (Lipinski definition) is 2. The lowest BCUT2D eigenvalue weighted by molar-refractivity contribution is 0.627. The number of benzene rings is 1. The number of rotatable bonds is 4. The zero-order valence-electron chi connectivity index (χ0n) is 9.61. The maximum Gasteiger partial charge on any atom is 0.125 e. The molecule has 0 radical (unpaired) electrons. The van der Waals surface area contributed by atoms with Gasteiger partial charge in [-0.3, -0.25) is 0 Å². The minimum Gasteiger partial charge on any atom is -0.376 e. The van der Waals surface area contributed by atoms with Crippen molar-refractivity contribution >= 4 is 17.0 Å². The molecule has 1 aromatic carbocycles. The van der Waals surface area contributed by atoms with E-state index in [1.54, 1.807) is 17.4 Å². The van der Waals surface area contributed by atoms with E-state index in [9.17, 15) is 4.39 Å². The predicted molar refractivity (Wildman–Crippen MR) is 70.9 cm³/mol. The monoisotopic (exact) mass is 250 g/mol. The Labute approximate surface area is 104 Å². The molecule has 0 aliphatic heterocycles. The molecule has 17 heavy (non-hydrogen) atoms. The van der Waals surface area contributed by atoms with E-state index in [1.165, 1.54) is 22.6 Å². The summed E-state index contributed by atoms with van der Waals surface area (Å²) >= 11 is 1.67. The fourth-order valence-electron chi connectivity index (χ4n) is 1.75. The van der Waals surface area contributed by atoms with Gasteiger partial charge in [0.25, 0.3) is 0 Å². The fourth-order valence-corrected chi connectivity index (χ4v) is 2.74. The Morgan fingerprint density at radius 2 is 2.24 bits per heavy atom. The number of thiophene rings is 1. The molecule has 1 heterocycles. The van der Waals surface area contributed by atoms with Gasteiger partial charge in [-0.2, -0.15) is 0 Å². The number of anilines is 1. The van der Waals surface area contributed by atoms with Crippen molar-refractivity contribution in [3.05, 3.63) is 52.0 Å². The van der Waals surface area contributed by atoms with Crippen LogP contribution < -0.4 is 11.1 Å². The van der Waals surface area contributed by atoms with Gasteiger partial charge in [-0.15, -0.1) is 11.3 Å². The van der Waals surface area contributed by atoms with E-state index >= 15 is 0 Å². The van der Waals surface area contributed by atoms with Crippen LogP contribution in [0.5, 0.6) is 0 Å². The van der Waals surface area contributed by atoms with Crippen LogP contribution in [0.15, 0.2) is 35.7 Å². The first-order valence-electron chi connectivity index (χ1n) is 5.47. The van der Waals surface area contributed by atoms with Gasteiger partial charge in [0.2, 0.25) is 0 Å². The molecule has 3 N–H and O–H groups in total. The minimum atomic E-state index is -0.242. The summed E-state index contributed by atoms with van der Waals surface area (Å²) in [7, 11) is 0. The molecule has 1 unspecified atom stereocenters. The van der Waals surface area contributed by atoms with E-state index < -0.39 is 0 Å². The summed E-state index contributed by atoms with van der Waals surface area (Å²) in [5.41, 5.74) is 7.74. The van der Waals surface area contributed by atoms with Gasteiger partial charge in [0.05, 0.1) is 6.04 Å². The van der Waals surface area contributed by atoms with Gasteiger partial charge < -0.3 is 11.1 Å². The van der Waals surface area contributed by atoms with Gasteiger partial charge in [0.15, 0.2) is 0 Å². The summed E-state index contributed by atoms with van der Waals surface area (Å²) in [4.78, 5) is 1.21. The molecule has 1 atom stereocenters. The first-order valence-corrected chi connectivity index (χ1v) is 6.35. The maximum atomic E-state index is 13.1. The van der Waals surface area contributed by atoms with E-state index in [0.29, 0.717) is 6.54 Å². The zero-order chi connectivity index (χ0) is 12.3. The molecule has 0 bridgehead atoms. The normalized spacial score (nSPS) is 12.4. The Balaban J connectivity index is 2.19. The zero-order valence-corrected chi connectivity index (χ0v) is 10.4. The summed E-state index contributed by atoms with van der Waals surface area (Å²) < 4.78 is 13.1. The highest BCUT2D eigenvalue weighted by Gasteiger charge is 2.13. The summed E-state index contributed by atoms with van der Waals surface area (Å²) in [6.07, 6.45) is 0. The molecule has 2 aromatic rings. The Morgan fingerprint density at radius 1 is 1.41 bits per heavy atom. The van der Waals surface area contributed by atoms with Crippen LogP contribution in [0, 0.1) is 12.7 Å². The third-order valence-electron chi connectivity index (χ3n) is 2.62. The van der Waals surface area contributed by atoms with Crippen LogP contribution in [0.2, 0.25) is 0 Å². The van der Waals surface area contributed by atoms with Crippen LogP contribution >= 0.6 is 11.3 Å². The highest BCUT2D eigenvalue weighted by Crippen LogP contribution is 2.26. The van der Waals surface area contributed by atoms with Crippen LogP contribution in [-0.4, -0.2) is 6.54 Å². The average molecular weight is 250 g/mol. The Morgan fingerprint density at radius 3 is 2.82 bits per heavy atom. The standard InChI is InChI=1S/C13H15FN2S/c1-9-5-6-17-13(9)12(8-15)16-11-4-2-3-10(14)7-11/h2-7,12,16H,8,15H2,1H3. The Bertz CT molecular complexity index is 496. The number of halogens is 1. The second-order valence-electron chi connectivity index (χ2n) is 3.91. The summed E-state index contributed by atoms with van der Waals surface area (Å²) in [6.45, 7) is 2.54. The molecule has 0 fully saturated rings. The van der Waals surface area contributed by atoms with Gasteiger partial charge in [0, 0.05) is 17.1 Å². The van der Waals surface area contributed by atoms with Gasteiger partial charge >= 0.3 is 0 Å². The molecular formula is C13H15FN2S. The van der Waals surface area contributed by atoms with Gasteiger partial charge in [-0.05, 0) is 42.1 Å². The maximum absolute atomic E-state index is 13.1. The van der Waals surface area contributed by atoms with Crippen LogP contribution in [-0.2, 0) is 0 Å². The lowest BCUT2D eigenvalue weighted by Crippen LogP contribution is -2.20. The van der Waals surface area contributed by atoms with Crippen molar-refractivity contribution < 1.29 is 4.39 Å². The molecule has 0 aliphatic carbocycles. The topological polar surface area (TPSA) is 38.0 Å². The lowest BCUT2D eigenvalue weighted by atomic mass is 10.1. The molecule has 90 valence electrons.